The fraction of sp³-hybridized carbons (Fsp3) is 0.105. The van der Waals surface area contributed by atoms with Gasteiger partial charge in [0.25, 0.3) is 5.89 Å². The molecule has 0 aliphatic heterocycles. The molecule has 4 rings (SSSR count). The van der Waals surface area contributed by atoms with Crippen molar-refractivity contribution in [2.24, 2.45) is 0 Å². The van der Waals surface area contributed by atoms with Gasteiger partial charge in [0, 0.05) is 24.1 Å². The van der Waals surface area contributed by atoms with Crippen LogP contribution in [0.5, 0.6) is 5.75 Å². The summed E-state index contributed by atoms with van der Waals surface area (Å²) in [6.07, 6.45) is 3.63. The van der Waals surface area contributed by atoms with Gasteiger partial charge in [-0.05, 0) is 30.3 Å². The van der Waals surface area contributed by atoms with Gasteiger partial charge >= 0.3 is 0 Å². The van der Waals surface area contributed by atoms with E-state index in [1.54, 1.807) is 13.2 Å². The maximum atomic E-state index is 5.47. The lowest BCUT2D eigenvalue weighted by Crippen LogP contribution is -1.85. The Hall–Kier alpha value is -3.41. The number of benzene rings is 2. The number of aromatic nitrogens is 3. The molecule has 4 aromatic rings. The average Bonchev–Trinajstić information content (AvgIpc) is 3.25. The fourth-order valence-electron chi connectivity index (χ4n) is 2.57. The van der Waals surface area contributed by atoms with Crippen molar-refractivity contribution < 1.29 is 13.7 Å². The number of para-hydroxylation sites is 1. The third-order valence-corrected chi connectivity index (χ3v) is 3.74. The summed E-state index contributed by atoms with van der Waals surface area (Å²) in [6, 6.07) is 13.3. The first-order valence-electron chi connectivity index (χ1n) is 7.75. The van der Waals surface area contributed by atoms with Crippen molar-refractivity contribution in [2.45, 2.75) is 6.92 Å². The minimum Gasteiger partial charge on any atom is -0.496 e. The molecule has 2 aromatic carbocycles. The van der Waals surface area contributed by atoms with E-state index >= 15 is 0 Å². The van der Waals surface area contributed by atoms with E-state index < -0.39 is 0 Å². The number of hydrogen-bond donors (Lipinski definition) is 0. The van der Waals surface area contributed by atoms with Crippen molar-refractivity contribution in [1.29, 1.82) is 0 Å². The molecule has 124 valence electrons. The summed E-state index contributed by atoms with van der Waals surface area (Å²) in [4.78, 5) is 8.72. The summed E-state index contributed by atoms with van der Waals surface area (Å²) in [5, 5.41) is 4.03. The molecule has 6 nitrogen and oxygen atoms in total. The van der Waals surface area contributed by atoms with E-state index in [0.717, 1.165) is 28.0 Å². The van der Waals surface area contributed by atoms with Crippen LogP contribution in [0, 0.1) is 6.92 Å². The van der Waals surface area contributed by atoms with Gasteiger partial charge in [-0.2, -0.15) is 4.98 Å². The SMILES string of the molecule is COc1ccccc1/C=C/c1nc(-c2ccc3oc(C)nc3c2)no1. The molecule has 0 aliphatic carbocycles. The summed E-state index contributed by atoms with van der Waals surface area (Å²) in [7, 11) is 1.64. The molecule has 0 N–H and O–H groups in total. The van der Waals surface area contributed by atoms with Crippen LogP contribution in [0.3, 0.4) is 0 Å². The monoisotopic (exact) mass is 333 g/mol. The van der Waals surface area contributed by atoms with Crippen LogP contribution in [0.2, 0.25) is 0 Å². The molecule has 0 radical (unpaired) electrons. The molecule has 0 bridgehead atoms. The number of fused-ring (bicyclic) bond motifs is 1. The summed E-state index contributed by atoms with van der Waals surface area (Å²) in [6.45, 7) is 1.81. The number of nitrogens with zero attached hydrogens (tertiary/aromatic N) is 3. The van der Waals surface area contributed by atoms with Gasteiger partial charge in [-0.1, -0.05) is 23.4 Å². The van der Waals surface area contributed by atoms with Crippen molar-refractivity contribution in [2.75, 3.05) is 7.11 Å². The normalized spacial score (nSPS) is 11.4. The van der Waals surface area contributed by atoms with E-state index in [4.69, 9.17) is 13.7 Å². The van der Waals surface area contributed by atoms with E-state index in [1.165, 1.54) is 0 Å². The van der Waals surface area contributed by atoms with Crippen LogP contribution >= 0.6 is 0 Å². The summed E-state index contributed by atoms with van der Waals surface area (Å²) in [5.74, 6) is 2.32. The number of oxazole rings is 1. The molecule has 6 heteroatoms. The first-order valence-corrected chi connectivity index (χ1v) is 7.75. The molecule has 0 fully saturated rings. The second-order valence-electron chi connectivity index (χ2n) is 5.45. The smallest absolute Gasteiger partial charge is 0.250 e. The number of methoxy groups -OCH3 is 1. The third kappa shape index (κ3) is 3.01. The Balaban J connectivity index is 1.61. The third-order valence-electron chi connectivity index (χ3n) is 3.74. The Bertz CT molecular complexity index is 1060. The van der Waals surface area contributed by atoms with Crippen LogP contribution in [0.1, 0.15) is 17.3 Å². The van der Waals surface area contributed by atoms with E-state index in [2.05, 4.69) is 15.1 Å². The fourth-order valence-corrected chi connectivity index (χ4v) is 2.57. The van der Waals surface area contributed by atoms with Gasteiger partial charge in [0.05, 0.1) is 7.11 Å². The average molecular weight is 333 g/mol. The van der Waals surface area contributed by atoms with Gasteiger partial charge in [0.15, 0.2) is 11.5 Å². The highest BCUT2D eigenvalue weighted by Crippen LogP contribution is 2.24. The van der Waals surface area contributed by atoms with E-state index in [1.807, 2.05) is 55.5 Å². The predicted octanol–water partition coefficient (Wildman–Crippen LogP) is 4.37. The molecule has 0 aliphatic rings. The molecular weight excluding hydrogens is 318 g/mol. The summed E-state index contributed by atoms with van der Waals surface area (Å²) < 4.78 is 16.1. The molecule has 0 saturated heterocycles. The first kappa shape index (κ1) is 15.1. The topological polar surface area (TPSA) is 74.2 Å². The van der Waals surface area contributed by atoms with Gasteiger partial charge in [-0.3, -0.25) is 0 Å². The van der Waals surface area contributed by atoms with Crippen LogP contribution in [0.4, 0.5) is 0 Å². The maximum absolute atomic E-state index is 5.47. The Morgan fingerprint density at radius 1 is 1.04 bits per heavy atom. The van der Waals surface area contributed by atoms with Crippen LogP contribution in [0.25, 0.3) is 34.6 Å². The van der Waals surface area contributed by atoms with E-state index in [-0.39, 0.29) is 0 Å². The summed E-state index contributed by atoms with van der Waals surface area (Å²) in [5.41, 5.74) is 3.26. The minimum absolute atomic E-state index is 0.414. The Morgan fingerprint density at radius 2 is 1.92 bits per heavy atom. The molecule has 0 spiro atoms. The molecule has 2 aromatic heterocycles. The molecule has 0 saturated carbocycles. The van der Waals surface area contributed by atoms with Gasteiger partial charge in [-0.15, -0.1) is 0 Å². The second-order valence-corrected chi connectivity index (χ2v) is 5.45. The predicted molar refractivity (Wildman–Crippen MR) is 94.0 cm³/mol. The Morgan fingerprint density at radius 3 is 2.80 bits per heavy atom. The highest BCUT2D eigenvalue weighted by atomic mass is 16.5. The lowest BCUT2D eigenvalue weighted by molar-refractivity contribution is 0.411. The standard InChI is InChI=1S/C19H15N3O3/c1-12-20-15-11-14(7-9-17(15)24-12)19-21-18(25-22-19)10-8-13-5-3-4-6-16(13)23-2/h3-11H,1-2H3/b10-8+. The van der Waals surface area contributed by atoms with Crippen molar-refractivity contribution in [1.82, 2.24) is 15.1 Å². The highest BCUT2D eigenvalue weighted by Gasteiger charge is 2.10. The minimum atomic E-state index is 0.414. The van der Waals surface area contributed by atoms with Crippen LogP contribution in [0.15, 0.2) is 51.4 Å². The van der Waals surface area contributed by atoms with Crippen molar-refractivity contribution in [3.63, 3.8) is 0 Å². The quantitative estimate of drug-likeness (QED) is 0.552. The lowest BCUT2D eigenvalue weighted by Gasteiger charge is -2.02. The lowest BCUT2D eigenvalue weighted by atomic mass is 10.2. The van der Waals surface area contributed by atoms with Crippen molar-refractivity contribution in [3.05, 3.63) is 59.8 Å². The van der Waals surface area contributed by atoms with E-state index in [0.29, 0.717) is 17.6 Å². The van der Waals surface area contributed by atoms with Gasteiger partial charge in [0.2, 0.25) is 5.82 Å². The van der Waals surface area contributed by atoms with Crippen molar-refractivity contribution >= 4 is 23.3 Å². The molecule has 2 heterocycles. The number of aryl methyl sites for hydroxylation is 1. The molecular formula is C19H15N3O3. The highest BCUT2D eigenvalue weighted by molar-refractivity contribution is 5.79. The molecule has 0 atom stereocenters. The zero-order valence-corrected chi connectivity index (χ0v) is 13.8. The first-order chi connectivity index (χ1) is 12.2. The van der Waals surface area contributed by atoms with Gasteiger partial charge in [-0.25, -0.2) is 4.98 Å². The summed E-state index contributed by atoms with van der Waals surface area (Å²) >= 11 is 0. The van der Waals surface area contributed by atoms with Gasteiger partial charge in [0.1, 0.15) is 11.3 Å². The van der Waals surface area contributed by atoms with Gasteiger partial charge < -0.3 is 13.7 Å². The number of rotatable bonds is 4. The zero-order chi connectivity index (χ0) is 17.2. The second kappa shape index (κ2) is 6.24. The Kier molecular flexibility index (Phi) is 3.78. The number of ether oxygens (including phenoxy) is 1. The number of hydrogen-bond acceptors (Lipinski definition) is 6. The maximum Gasteiger partial charge on any atom is 0.250 e. The molecule has 0 amide bonds. The Labute approximate surface area is 143 Å². The van der Waals surface area contributed by atoms with Crippen LogP contribution in [-0.4, -0.2) is 22.2 Å². The zero-order valence-electron chi connectivity index (χ0n) is 13.8. The molecule has 0 unspecified atom stereocenters. The van der Waals surface area contributed by atoms with Crippen molar-refractivity contribution in [3.8, 4) is 17.1 Å². The largest absolute Gasteiger partial charge is 0.496 e. The van der Waals surface area contributed by atoms with Crippen LogP contribution < -0.4 is 4.74 Å². The molecule has 25 heavy (non-hydrogen) atoms. The van der Waals surface area contributed by atoms with Crippen LogP contribution in [-0.2, 0) is 0 Å². The van der Waals surface area contributed by atoms with E-state index in [9.17, 15) is 0 Å².